The number of benzene rings is 2. The second kappa shape index (κ2) is 7.69. The van der Waals surface area contributed by atoms with Crippen molar-refractivity contribution < 1.29 is 19.6 Å². The van der Waals surface area contributed by atoms with E-state index in [1.165, 1.54) is 18.2 Å². The van der Waals surface area contributed by atoms with Gasteiger partial charge in [-0.3, -0.25) is 14.9 Å². The van der Waals surface area contributed by atoms with Crippen LogP contribution < -0.4 is 5.32 Å². The Morgan fingerprint density at radius 1 is 1.21 bits per heavy atom. The summed E-state index contributed by atoms with van der Waals surface area (Å²) in [4.78, 5) is 34.1. The molecule has 124 valence electrons. The number of hydrogen-bond acceptors (Lipinski definition) is 4. The van der Waals surface area contributed by atoms with E-state index in [2.05, 4.69) is 21.2 Å². The third-order valence-corrected chi connectivity index (χ3v) is 3.80. The first-order valence-corrected chi connectivity index (χ1v) is 7.69. The highest BCUT2D eigenvalue weighted by Crippen LogP contribution is 2.19. The van der Waals surface area contributed by atoms with Crippen molar-refractivity contribution in [2.45, 2.75) is 12.5 Å². The topological polar surface area (TPSA) is 110 Å². The third kappa shape index (κ3) is 4.39. The molecule has 2 aromatic carbocycles. The number of nitrogens with one attached hydrogen (secondary N) is 1. The first-order valence-electron chi connectivity index (χ1n) is 6.90. The second-order valence-electron chi connectivity index (χ2n) is 4.96. The number of halogens is 1. The molecule has 7 nitrogen and oxygen atoms in total. The van der Waals surface area contributed by atoms with Gasteiger partial charge >= 0.3 is 5.97 Å². The number of rotatable bonds is 6. The Balaban J connectivity index is 2.20. The molecule has 0 spiro atoms. The Morgan fingerprint density at radius 2 is 1.92 bits per heavy atom. The highest BCUT2D eigenvalue weighted by molar-refractivity contribution is 9.10. The van der Waals surface area contributed by atoms with Gasteiger partial charge in [0.25, 0.3) is 11.6 Å². The fraction of sp³-hybridized carbons (Fsp3) is 0.125. The molecule has 0 saturated heterocycles. The molecule has 0 fully saturated rings. The number of hydrogen-bond donors (Lipinski definition) is 2. The van der Waals surface area contributed by atoms with E-state index in [1.807, 2.05) is 0 Å². The summed E-state index contributed by atoms with van der Waals surface area (Å²) in [6, 6.07) is 11.1. The van der Waals surface area contributed by atoms with Crippen molar-refractivity contribution in [1.29, 1.82) is 0 Å². The number of amides is 1. The highest BCUT2D eigenvalue weighted by atomic mass is 79.9. The van der Waals surface area contributed by atoms with Crippen molar-refractivity contribution in [3.8, 4) is 0 Å². The number of nitro benzene ring substituents is 1. The minimum absolute atomic E-state index is 0.180. The Hall–Kier alpha value is -2.74. The first-order chi connectivity index (χ1) is 11.4. The number of aliphatic carboxylic acids is 1. The number of carbonyl (C=O) groups is 2. The van der Waals surface area contributed by atoms with Gasteiger partial charge in [-0.1, -0.05) is 40.2 Å². The lowest BCUT2D eigenvalue weighted by Gasteiger charge is -2.15. The molecule has 0 unspecified atom stereocenters. The quantitative estimate of drug-likeness (QED) is 0.580. The van der Waals surface area contributed by atoms with Crippen molar-refractivity contribution in [3.05, 3.63) is 74.2 Å². The molecule has 1 amide bonds. The number of nitro groups is 1. The molecule has 2 rings (SSSR count). The van der Waals surface area contributed by atoms with Crippen LogP contribution in [0.3, 0.4) is 0 Å². The van der Waals surface area contributed by atoms with Crippen molar-refractivity contribution in [1.82, 2.24) is 5.32 Å². The molecule has 0 aliphatic carbocycles. The molecular formula is C16H13BrN2O5. The zero-order valence-corrected chi connectivity index (χ0v) is 13.9. The summed E-state index contributed by atoms with van der Waals surface area (Å²) < 4.78 is 0.681. The van der Waals surface area contributed by atoms with Crippen LogP contribution in [0.15, 0.2) is 53.0 Å². The zero-order chi connectivity index (χ0) is 17.7. The van der Waals surface area contributed by atoms with Gasteiger partial charge in [0.15, 0.2) is 0 Å². The minimum Gasteiger partial charge on any atom is -0.480 e. The van der Waals surface area contributed by atoms with Gasteiger partial charge in [0, 0.05) is 28.1 Å². The summed E-state index contributed by atoms with van der Waals surface area (Å²) in [5.41, 5.74) is 0.350. The number of carboxylic acid groups (broad SMARTS) is 1. The van der Waals surface area contributed by atoms with E-state index < -0.39 is 22.8 Å². The number of nitrogens with zero attached hydrogens (tertiary/aromatic N) is 1. The molecule has 1 atom stereocenters. The van der Waals surface area contributed by atoms with Gasteiger partial charge in [-0.05, 0) is 18.2 Å². The fourth-order valence-corrected chi connectivity index (χ4v) is 2.55. The van der Waals surface area contributed by atoms with Gasteiger partial charge < -0.3 is 10.4 Å². The largest absolute Gasteiger partial charge is 0.480 e. The maximum absolute atomic E-state index is 12.2. The lowest BCUT2D eigenvalue weighted by atomic mass is 10.0. The van der Waals surface area contributed by atoms with Crippen LogP contribution in [0.5, 0.6) is 0 Å². The zero-order valence-electron chi connectivity index (χ0n) is 12.3. The van der Waals surface area contributed by atoms with Crippen molar-refractivity contribution in [3.63, 3.8) is 0 Å². The Labute approximate surface area is 145 Å². The van der Waals surface area contributed by atoms with Crippen molar-refractivity contribution in [2.24, 2.45) is 0 Å². The average Bonchev–Trinajstić information content (AvgIpc) is 2.54. The van der Waals surface area contributed by atoms with Gasteiger partial charge in [-0.2, -0.15) is 0 Å². The molecule has 0 heterocycles. The molecular weight excluding hydrogens is 380 g/mol. The lowest BCUT2D eigenvalue weighted by molar-refractivity contribution is -0.385. The molecule has 0 radical (unpaired) electrons. The molecule has 8 heteroatoms. The van der Waals surface area contributed by atoms with E-state index in [9.17, 15) is 24.8 Å². The molecule has 0 bridgehead atoms. The SMILES string of the molecule is O=C(N[C@@H](Cc1ccccc1[N+](=O)[O-])C(=O)O)c1cccc(Br)c1. The Bertz CT molecular complexity index is 794. The summed E-state index contributed by atoms with van der Waals surface area (Å²) >= 11 is 3.23. The van der Waals surface area contributed by atoms with E-state index in [1.54, 1.807) is 30.3 Å². The first kappa shape index (κ1) is 17.6. The van der Waals surface area contributed by atoms with E-state index in [4.69, 9.17) is 0 Å². The normalized spacial score (nSPS) is 11.5. The molecule has 2 N–H and O–H groups in total. The monoisotopic (exact) mass is 392 g/mol. The van der Waals surface area contributed by atoms with Crippen LogP contribution in [-0.4, -0.2) is 27.9 Å². The predicted octanol–water partition coefficient (Wildman–Crippen LogP) is 2.78. The standard InChI is InChI=1S/C16H13BrN2O5/c17-12-6-3-5-11(8-12)15(20)18-13(16(21)22)9-10-4-1-2-7-14(10)19(23)24/h1-8,13H,9H2,(H,18,20)(H,21,22)/t13-/m0/s1. The molecule has 0 aliphatic heterocycles. The number of carbonyl (C=O) groups excluding carboxylic acids is 1. The van der Waals surface area contributed by atoms with Crippen LogP contribution in [0, 0.1) is 10.1 Å². The minimum atomic E-state index is -1.28. The molecule has 24 heavy (non-hydrogen) atoms. The van der Waals surface area contributed by atoms with Gasteiger partial charge in [-0.15, -0.1) is 0 Å². The van der Waals surface area contributed by atoms with E-state index >= 15 is 0 Å². The third-order valence-electron chi connectivity index (χ3n) is 3.30. The second-order valence-corrected chi connectivity index (χ2v) is 5.88. The predicted molar refractivity (Wildman–Crippen MR) is 89.8 cm³/mol. The van der Waals surface area contributed by atoms with Crippen LogP contribution >= 0.6 is 15.9 Å². The lowest BCUT2D eigenvalue weighted by Crippen LogP contribution is -2.42. The maximum Gasteiger partial charge on any atom is 0.326 e. The number of carboxylic acids is 1. The van der Waals surface area contributed by atoms with Crippen LogP contribution in [0.2, 0.25) is 0 Å². The smallest absolute Gasteiger partial charge is 0.326 e. The molecule has 2 aromatic rings. The van der Waals surface area contributed by atoms with Crippen LogP contribution in [0.1, 0.15) is 15.9 Å². The Kier molecular flexibility index (Phi) is 5.64. The van der Waals surface area contributed by atoms with Gasteiger partial charge in [0.1, 0.15) is 6.04 Å². The Morgan fingerprint density at radius 3 is 2.54 bits per heavy atom. The summed E-state index contributed by atoms with van der Waals surface area (Å²) in [6.07, 6.45) is -0.188. The number of para-hydroxylation sites is 1. The van der Waals surface area contributed by atoms with Crippen LogP contribution in [0.25, 0.3) is 0 Å². The molecule has 0 aliphatic rings. The van der Waals surface area contributed by atoms with Crippen molar-refractivity contribution in [2.75, 3.05) is 0 Å². The van der Waals surface area contributed by atoms with E-state index in [0.29, 0.717) is 4.47 Å². The molecule has 0 aromatic heterocycles. The summed E-state index contributed by atoms with van der Waals surface area (Å²) in [7, 11) is 0. The van der Waals surface area contributed by atoms with E-state index in [-0.39, 0.29) is 23.2 Å². The van der Waals surface area contributed by atoms with Crippen LogP contribution in [0.4, 0.5) is 5.69 Å². The van der Waals surface area contributed by atoms with E-state index in [0.717, 1.165) is 0 Å². The summed E-state index contributed by atoms with van der Waals surface area (Å²) in [5.74, 6) is -1.83. The van der Waals surface area contributed by atoms with Crippen LogP contribution in [-0.2, 0) is 11.2 Å². The maximum atomic E-state index is 12.2. The highest BCUT2D eigenvalue weighted by Gasteiger charge is 2.24. The summed E-state index contributed by atoms with van der Waals surface area (Å²) in [5, 5.41) is 22.7. The van der Waals surface area contributed by atoms with Crippen molar-refractivity contribution >= 4 is 33.5 Å². The van der Waals surface area contributed by atoms with Gasteiger partial charge in [0.2, 0.25) is 0 Å². The molecule has 0 saturated carbocycles. The fourth-order valence-electron chi connectivity index (χ4n) is 2.15. The summed E-state index contributed by atoms with van der Waals surface area (Å²) in [6.45, 7) is 0. The van der Waals surface area contributed by atoms with Gasteiger partial charge in [0.05, 0.1) is 4.92 Å². The van der Waals surface area contributed by atoms with Gasteiger partial charge in [-0.25, -0.2) is 4.79 Å². The average molecular weight is 393 g/mol.